The molecule has 0 saturated carbocycles. The van der Waals surface area contributed by atoms with Crippen molar-refractivity contribution in [2.24, 2.45) is 0 Å². The first-order valence-electron chi connectivity index (χ1n) is 6.87. The number of benzene rings is 2. The molecule has 2 aromatic carbocycles. The molecule has 2 N–H and O–H groups in total. The molecule has 0 bridgehead atoms. The van der Waals surface area contributed by atoms with Crippen molar-refractivity contribution < 1.29 is 17.9 Å². The topological polar surface area (TPSA) is 33.3 Å². The predicted octanol–water partition coefficient (Wildman–Crippen LogP) is 3.96. The SMILES string of the molecule is Fc1ccc(CCNC(=S)Nc2ccc(OC(F)F)cc2)cc1. The third-order valence-electron chi connectivity index (χ3n) is 2.95. The molecule has 0 aliphatic heterocycles. The highest BCUT2D eigenvalue weighted by Gasteiger charge is 2.04. The lowest BCUT2D eigenvalue weighted by Crippen LogP contribution is -2.30. The summed E-state index contributed by atoms with van der Waals surface area (Å²) in [7, 11) is 0. The van der Waals surface area contributed by atoms with Gasteiger partial charge in [-0.3, -0.25) is 0 Å². The average molecular weight is 340 g/mol. The molecule has 0 amide bonds. The summed E-state index contributed by atoms with van der Waals surface area (Å²) in [6.45, 7) is -2.26. The Kier molecular flexibility index (Phi) is 6.22. The second-order valence-electron chi connectivity index (χ2n) is 4.66. The molecule has 7 heteroatoms. The van der Waals surface area contributed by atoms with Crippen molar-refractivity contribution in [3.05, 3.63) is 59.9 Å². The lowest BCUT2D eigenvalue weighted by atomic mass is 10.1. The lowest BCUT2D eigenvalue weighted by Gasteiger charge is -2.11. The second-order valence-corrected chi connectivity index (χ2v) is 5.07. The van der Waals surface area contributed by atoms with Crippen LogP contribution in [0.3, 0.4) is 0 Å². The van der Waals surface area contributed by atoms with Crippen LogP contribution in [0.5, 0.6) is 5.75 Å². The summed E-state index contributed by atoms with van der Waals surface area (Å²) < 4.78 is 41.1. The van der Waals surface area contributed by atoms with Crippen molar-refractivity contribution in [2.45, 2.75) is 13.0 Å². The molecule has 0 unspecified atom stereocenters. The van der Waals surface area contributed by atoms with E-state index in [2.05, 4.69) is 15.4 Å². The fourth-order valence-electron chi connectivity index (χ4n) is 1.87. The summed E-state index contributed by atoms with van der Waals surface area (Å²) >= 11 is 5.14. The molecule has 2 aromatic rings. The van der Waals surface area contributed by atoms with Gasteiger partial charge in [-0.1, -0.05) is 12.1 Å². The van der Waals surface area contributed by atoms with Crippen molar-refractivity contribution >= 4 is 23.0 Å². The van der Waals surface area contributed by atoms with E-state index in [1.807, 2.05) is 0 Å². The summed E-state index contributed by atoms with van der Waals surface area (Å²) in [4.78, 5) is 0. The molecule has 0 fully saturated rings. The van der Waals surface area contributed by atoms with Gasteiger partial charge in [-0.15, -0.1) is 0 Å². The number of ether oxygens (including phenoxy) is 1. The van der Waals surface area contributed by atoms with Crippen LogP contribution in [0.2, 0.25) is 0 Å². The Balaban J connectivity index is 1.75. The van der Waals surface area contributed by atoms with E-state index >= 15 is 0 Å². The van der Waals surface area contributed by atoms with Gasteiger partial charge in [0.1, 0.15) is 11.6 Å². The Morgan fingerprint density at radius 1 is 1.04 bits per heavy atom. The Labute approximate surface area is 137 Å². The first kappa shape index (κ1) is 17.1. The van der Waals surface area contributed by atoms with Gasteiger partial charge in [0.15, 0.2) is 5.11 Å². The molecule has 0 heterocycles. The van der Waals surface area contributed by atoms with Gasteiger partial charge in [-0.25, -0.2) is 4.39 Å². The number of rotatable bonds is 6. The summed E-state index contributed by atoms with van der Waals surface area (Å²) in [5.74, 6) is -0.182. The van der Waals surface area contributed by atoms with E-state index < -0.39 is 6.61 Å². The largest absolute Gasteiger partial charge is 0.435 e. The van der Waals surface area contributed by atoms with Gasteiger partial charge in [0.05, 0.1) is 0 Å². The molecular weight excluding hydrogens is 325 g/mol. The monoisotopic (exact) mass is 340 g/mol. The Morgan fingerprint density at radius 3 is 2.30 bits per heavy atom. The predicted molar refractivity (Wildman–Crippen MR) is 87.4 cm³/mol. The molecule has 0 aliphatic rings. The van der Waals surface area contributed by atoms with Crippen molar-refractivity contribution in [2.75, 3.05) is 11.9 Å². The standard InChI is InChI=1S/C16H15F3N2OS/c17-12-3-1-11(2-4-12)9-10-20-16(23)21-13-5-7-14(8-6-13)22-15(18)19/h1-8,15H,9-10H2,(H2,20,21,23). The van der Waals surface area contributed by atoms with Crippen LogP contribution in [-0.4, -0.2) is 18.3 Å². The fourth-order valence-corrected chi connectivity index (χ4v) is 2.09. The van der Waals surface area contributed by atoms with Crippen LogP contribution in [0, 0.1) is 5.82 Å². The van der Waals surface area contributed by atoms with Crippen LogP contribution in [0.25, 0.3) is 0 Å². The van der Waals surface area contributed by atoms with Gasteiger partial charge in [-0.05, 0) is 60.6 Å². The van der Waals surface area contributed by atoms with E-state index in [-0.39, 0.29) is 11.6 Å². The minimum atomic E-state index is -2.84. The molecule has 122 valence electrons. The summed E-state index contributed by atoms with van der Waals surface area (Å²) in [5, 5.41) is 6.36. The van der Waals surface area contributed by atoms with Crippen LogP contribution in [0.15, 0.2) is 48.5 Å². The first-order chi connectivity index (χ1) is 11.0. The van der Waals surface area contributed by atoms with E-state index in [0.29, 0.717) is 23.8 Å². The number of alkyl halides is 2. The van der Waals surface area contributed by atoms with Crippen molar-refractivity contribution in [3.63, 3.8) is 0 Å². The Morgan fingerprint density at radius 2 is 1.70 bits per heavy atom. The maximum absolute atomic E-state index is 12.8. The number of thiocarbonyl (C=S) groups is 1. The van der Waals surface area contributed by atoms with Gasteiger partial charge >= 0.3 is 6.61 Å². The highest BCUT2D eigenvalue weighted by Crippen LogP contribution is 2.17. The molecule has 0 spiro atoms. The van der Waals surface area contributed by atoms with Crippen molar-refractivity contribution in [3.8, 4) is 5.75 Å². The second kappa shape index (κ2) is 8.38. The summed E-state index contributed by atoms with van der Waals surface area (Å²) in [6.07, 6.45) is 0.698. The average Bonchev–Trinajstić information content (AvgIpc) is 2.51. The van der Waals surface area contributed by atoms with E-state index in [1.54, 1.807) is 24.3 Å². The van der Waals surface area contributed by atoms with Crippen LogP contribution in [0.4, 0.5) is 18.9 Å². The molecule has 0 saturated heterocycles. The zero-order chi connectivity index (χ0) is 16.7. The van der Waals surface area contributed by atoms with Crippen LogP contribution in [-0.2, 0) is 6.42 Å². The van der Waals surface area contributed by atoms with Crippen molar-refractivity contribution in [1.29, 1.82) is 0 Å². The third kappa shape index (κ3) is 6.15. The quantitative estimate of drug-likeness (QED) is 0.780. The number of anilines is 1. The third-order valence-corrected chi connectivity index (χ3v) is 3.20. The number of nitrogens with one attached hydrogen (secondary N) is 2. The van der Waals surface area contributed by atoms with Gasteiger partial charge in [-0.2, -0.15) is 8.78 Å². The highest BCUT2D eigenvalue weighted by molar-refractivity contribution is 7.80. The lowest BCUT2D eigenvalue weighted by molar-refractivity contribution is -0.0498. The zero-order valence-electron chi connectivity index (χ0n) is 12.1. The van der Waals surface area contributed by atoms with E-state index in [1.165, 1.54) is 24.3 Å². The van der Waals surface area contributed by atoms with E-state index in [0.717, 1.165) is 5.56 Å². The Hall–Kier alpha value is -2.28. The molecule has 2 rings (SSSR count). The summed E-state index contributed by atoms with van der Waals surface area (Å²) in [6, 6.07) is 12.3. The molecule has 0 radical (unpaired) electrons. The van der Waals surface area contributed by atoms with Gasteiger partial charge in [0.25, 0.3) is 0 Å². The number of hydrogen-bond donors (Lipinski definition) is 2. The molecule has 0 atom stereocenters. The molecule has 0 aliphatic carbocycles. The fraction of sp³-hybridized carbons (Fsp3) is 0.188. The van der Waals surface area contributed by atoms with Crippen molar-refractivity contribution in [1.82, 2.24) is 5.32 Å². The highest BCUT2D eigenvalue weighted by atomic mass is 32.1. The minimum Gasteiger partial charge on any atom is -0.435 e. The van der Waals surface area contributed by atoms with E-state index in [9.17, 15) is 13.2 Å². The normalized spacial score (nSPS) is 10.4. The molecule has 23 heavy (non-hydrogen) atoms. The molecule has 0 aromatic heterocycles. The maximum atomic E-state index is 12.8. The van der Waals surface area contributed by atoms with E-state index in [4.69, 9.17) is 12.2 Å². The van der Waals surface area contributed by atoms with Gasteiger partial charge < -0.3 is 15.4 Å². The van der Waals surface area contributed by atoms with Crippen LogP contribution in [0.1, 0.15) is 5.56 Å². The smallest absolute Gasteiger partial charge is 0.387 e. The number of halogens is 3. The summed E-state index contributed by atoms with van der Waals surface area (Å²) in [5.41, 5.74) is 1.65. The minimum absolute atomic E-state index is 0.0840. The first-order valence-corrected chi connectivity index (χ1v) is 7.28. The zero-order valence-corrected chi connectivity index (χ0v) is 12.9. The maximum Gasteiger partial charge on any atom is 0.387 e. The molecular formula is C16H15F3N2OS. The Bertz CT molecular complexity index is 633. The van der Waals surface area contributed by atoms with Gasteiger partial charge in [0, 0.05) is 12.2 Å². The van der Waals surface area contributed by atoms with Crippen LogP contribution < -0.4 is 15.4 Å². The van der Waals surface area contributed by atoms with Gasteiger partial charge in [0.2, 0.25) is 0 Å². The molecule has 3 nitrogen and oxygen atoms in total. The van der Waals surface area contributed by atoms with Crippen LogP contribution >= 0.6 is 12.2 Å². The number of hydrogen-bond acceptors (Lipinski definition) is 2.